The number of ether oxygens (including phenoxy) is 2. The van der Waals surface area contributed by atoms with Crippen LogP contribution in [0, 0.1) is 18.6 Å². The molecule has 0 saturated carbocycles. The molecule has 0 spiro atoms. The first-order valence-electron chi connectivity index (χ1n) is 6.54. The lowest BCUT2D eigenvalue weighted by Crippen LogP contribution is -2.33. The largest absolute Gasteiger partial charge is 0.486 e. The Labute approximate surface area is 126 Å². The van der Waals surface area contributed by atoms with Gasteiger partial charge in [-0.3, -0.25) is 0 Å². The molecule has 5 heteroatoms. The second kappa shape index (κ2) is 5.53. The maximum atomic E-state index is 14.0. The van der Waals surface area contributed by atoms with Crippen molar-refractivity contribution in [3.63, 3.8) is 0 Å². The van der Waals surface area contributed by atoms with Gasteiger partial charge in [0.25, 0.3) is 0 Å². The van der Waals surface area contributed by atoms with Gasteiger partial charge < -0.3 is 9.47 Å². The molecule has 2 aromatic carbocycles. The zero-order chi connectivity index (χ0) is 15.0. The van der Waals surface area contributed by atoms with Gasteiger partial charge in [-0.15, -0.1) is 11.6 Å². The molecule has 1 aliphatic heterocycles. The number of hydrogen-bond acceptors (Lipinski definition) is 2. The number of alkyl halides is 1. The molecule has 0 bridgehead atoms. The molecule has 2 unspecified atom stereocenters. The normalized spacial score (nSPS) is 18.4. The second-order valence-corrected chi connectivity index (χ2v) is 5.41. The number of hydrogen-bond donors (Lipinski definition) is 0. The number of aryl methyl sites for hydroxylation is 1. The van der Waals surface area contributed by atoms with Gasteiger partial charge in [0.1, 0.15) is 23.6 Å². The van der Waals surface area contributed by atoms with E-state index < -0.39 is 23.1 Å². The topological polar surface area (TPSA) is 18.5 Å². The third-order valence-electron chi connectivity index (χ3n) is 3.43. The summed E-state index contributed by atoms with van der Waals surface area (Å²) >= 11 is 6.27. The maximum Gasteiger partial charge on any atom is 0.161 e. The molecule has 21 heavy (non-hydrogen) atoms. The Balaban J connectivity index is 1.87. The molecule has 2 atom stereocenters. The van der Waals surface area contributed by atoms with E-state index in [1.165, 1.54) is 6.92 Å². The van der Waals surface area contributed by atoms with Crippen LogP contribution in [0.3, 0.4) is 0 Å². The molecular formula is C16H13ClF2O2. The average Bonchev–Trinajstić information content (AvgIpc) is 2.50. The van der Waals surface area contributed by atoms with Gasteiger partial charge in [-0.1, -0.05) is 12.1 Å². The number of benzene rings is 2. The summed E-state index contributed by atoms with van der Waals surface area (Å²) in [6.45, 7) is 1.68. The van der Waals surface area contributed by atoms with Crippen LogP contribution in [0.4, 0.5) is 8.78 Å². The highest BCUT2D eigenvalue weighted by molar-refractivity contribution is 6.21. The summed E-state index contributed by atoms with van der Waals surface area (Å²) in [5, 5.41) is -0.839. The molecule has 0 aromatic heterocycles. The van der Waals surface area contributed by atoms with Gasteiger partial charge in [-0.2, -0.15) is 0 Å². The average molecular weight is 311 g/mol. The van der Waals surface area contributed by atoms with Gasteiger partial charge in [0, 0.05) is 5.56 Å². The minimum Gasteiger partial charge on any atom is -0.486 e. The summed E-state index contributed by atoms with van der Waals surface area (Å²) in [5.74, 6) is 0.131. The van der Waals surface area contributed by atoms with Crippen LogP contribution in [0.15, 0.2) is 36.4 Å². The standard InChI is InChI=1S/C16H13ClF2O2/c1-9-6-12(19)10(7-11(9)18)16(17)15-8-20-13-4-2-3-5-14(13)21-15/h2-7,15-16H,8H2,1H3. The van der Waals surface area contributed by atoms with E-state index >= 15 is 0 Å². The predicted molar refractivity (Wildman–Crippen MR) is 76.0 cm³/mol. The smallest absolute Gasteiger partial charge is 0.161 e. The van der Waals surface area contributed by atoms with Crippen LogP contribution in [0.5, 0.6) is 11.5 Å². The van der Waals surface area contributed by atoms with Crippen LogP contribution in [0.2, 0.25) is 0 Å². The van der Waals surface area contributed by atoms with E-state index in [0.717, 1.165) is 12.1 Å². The number of para-hydroxylation sites is 2. The fraction of sp³-hybridized carbons (Fsp3) is 0.250. The van der Waals surface area contributed by atoms with Gasteiger partial charge >= 0.3 is 0 Å². The first-order valence-corrected chi connectivity index (χ1v) is 6.98. The lowest BCUT2D eigenvalue weighted by molar-refractivity contribution is 0.0870. The van der Waals surface area contributed by atoms with Gasteiger partial charge in [0.15, 0.2) is 17.6 Å². The predicted octanol–water partition coefficient (Wildman–Crippen LogP) is 4.39. The molecule has 0 amide bonds. The SMILES string of the molecule is Cc1cc(F)c(C(Cl)C2COc3ccccc3O2)cc1F. The van der Waals surface area contributed by atoms with Crippen molar-refractivity contribution in [2.75, 3.05) is 6.61 Å². The molecule has 3 rings (SSSR count). The molecular weight excluding hydrogens is 298 g/mol. The van der Waals surface area contributed by atoms with Crippen LogP contribution >= 0.6 is 11.6 Å². The minimum atomic E-state index is -0.839. The lowest BCUT2D eigenvalue weighted by Gasteiger charge is -2.29. The quantitative estimate of drug-likeness (QED) is 0.766. The molecule has 0 saturated heterocycles. The molecule has 0 fully saturated rings. The zero-order valence-corrected chi connectivity index (χ0v) is 12.0. The van der Waals surface area contributed by atoms with Crippen molar-refractivity contribution in [2.24, 2.45) is 0 Å². The van der Waals surface area contributed by atoms with Gasteiger partial charge in [-0.25, -0.2) is 8.78 Å². The highest BCUT2D eigenvalue weighted by Gasteiger charge is 2.30. The Morgan fingerprint density at radius 3 is 2.62 bits per heavy atom. The number of halogens is 3. The number of fused-ring (bicyclic) bond motifs is 1. The fourth-order valence-corrected chi connectivity index (χ4v) is 2.54. The Morgan fingerprint density at radius 1 is 1.14 bits per heavy atom. The molecule has 0 radical (unpaired) electrons. The van der Waals surface area contributed by atoms with E-state index in [-0.39, 0.29) is 17.7 Å². The summed E-state index contributed by atoms with van der Waals surface area (Å²) in [6, 6.07) is 9.41. The fourth-order valence-electron chi connectivity index (χ4n) is 2.25. The highest BCUT2D eigenvalue weighted by atomic mass is 35.5. The maximum absolute atomic E-state index is 14.0. The second-order valence-electron chi connectivity index (χ2n) is 4.94. The Hall–Kier alpha value is -1.81. The summed E-state index contributed by atoms with van der Waals surface area (Å²) in [6.07, 6.45) is -0.585. The Morgan fingerprint density at radius 2 is 1.86 bits per heavy atom. The van der Waals surface area contributed by atoms with E-state index in [1.54, 1.807) is 18.2 Å². The lowest BCUT2D eigenvalue weighted by atomic mass is 10.0. The summed E-state index contributed by atoms with van der Waals surface area (Å²) < 4.78 is 38.9. The van der Waals surface area contributed by atoms with Crippen LogP contribution in [0.1, 0.15) is 16.5 Å². The first-order chi connectivity index (χ1) is 10.1. The molecule has 0 N–H and O–H groups in total. The van der Waals surface area contributed by atoms with Gasteiger partial charge in [-0.05, 0) is 36.8 Å². The van der Waals surface area contributed by atoms with Crippen molar-refractivity contribution in [1.82, 2.24) is 0 Å². The van der Waals surface area contributed by atoms with Crippen molar-refractivity contribution in [2.45, 2.75) is 18.4 Å². The molecule has 1 heterocycles. The van der Waals surface area contributed by atoms with Crippen molar-refractivity contribution in [3.05, 3.63) is 59.2 Å². The Kier molecular flexibility index (Phi) is 3.72. The molecule has 1 aliphatic rings. The number of rotatable bonds is 2. The van der Waals surface area contributed by atoms with Gasteiger partial charge in [0.05, 0.1) is 0 Å². The van der Waals surface area contributed by atoms with Crippen molar-refractivity contribution >= 4 is 11.6 Å². The zero-order valence-electron chi connectivity index (χ0n) is 11.3. The van der Waals surface area contributed by atoms with E-state index in [4.69, 9.17) is 21.1 Å². The van der Waals surface area contributed by atoms with Crippen LogP contribution in [0.25, 0.3) is 0 Å². The monoisotopic (exact) mass is 310 g/mol. The van der Waals surface area contributed by atoms with Gasteiger partial charge in [0.2, 0.25) is 0 Å². The molecule has 0 aliphatic carbocycles. The summed E-state index contributed by atoms with van der Waals surface area (Å²) in [5.41, 5.74) is 0.319. The summed E-state index contributed by atoms with van der Waals surface area (Å²) in [7, 11) is 0. The molecule has 110 valence electrons. The van der Waals surface area contributed by atoms with Crippen molar-refractivity contribution in [1.29, 1.82) is 0 Å². The summed E-state index contributed by atoms with van der Waals surface area (Å²) in [4.78, 5) is 0. The highest BCUT2D eigenvalue weighted by Crippen LogP contribution is 2.37. The third kappa shape index (κ3) is 2.68. The van der Waals surface area contributed by atoms with E-state index in [0.29, 0.717) is 11.5 Å². The van der Waals surface area contributed by atoms with Crippen molar-refractivity contribution < 1.29 is 18.3 Å². The van der Waals surface area contributed by atoms with Crippen LogP contribution in [-0.4, -0.2) is 12.7 Å². The Bertz CT molecular complexity index is 675. The first kappa shape index (κ1) is 14.1. The minimum absolute atomic E-state index is 0.0766. The molecule has 2 aromatic rings. The van der Waals surface area contributed by atoms with Crippen molar-refractivity contribution in [3.8, 4) is 11.5 Å². The van der Waals surface area contributed by atoms with E-state index in [1.807, 2.05) is 6.07 Å². The van der Waals surface area contributed by atoms with Crippen LogP contribution < -0.4 is 9.47 Å². The van der Waals surface area contributed by atoms with E-state index in [9.17, 15) is 8.78 Å². The van der Waals surface area contributed by atoms with Crippen LogP contribution in [-0.2, 0) is 0 Å². The van der Waals surface area contributed by atoms with E-state index in [2.05, 4.69) is 0 Å². The third-order valence-corrected chi connectivity index (χ3v) is 3.95. The molecule has 2 nitrogen and oxygen atoms in total.